The van der Waals surface area contributed by atoms with Crippen LogP contribution in [-0.2, 0) is 25.6 Å². The average molecular weight is 618 g/mol. The Kier molecular flexibility index (Phi) is 7.09. The minimum atomic E-state index is -2.04. The fraction of sp³-hybridized carbons (Fsp3) is 0.514. The van der Waals surface area contributed by atoms with E-state index in [2.05, 4.69) is 15.6 Å². The van der Waals surface area contributed by atoms with E-state index in [4.69, 9.17) is 9.47 Å². The SMILES string of the molecule is CNc1ccc(CNc2ccc([C@@H]3O[C@@H]4CC5[C@@H]6CCC7=CC(=O)C=C[C@]7(C)[C@@]6(F)[C@@H](O)C[C@]5(C)[C@]4(C(=O)CO)O3)cn2)cc1. The third kappa shape index (κ3) is 4.15. The van der Waals surface area contributed by atoms with Crippen molar-refractivity contribution < 1.29 is 33.7 Å². The fourth-order valence-corrected chi connectivity index (χ4v) is 9.35. The number of anilines is 2. The number of aliphatic hydroxyl groups excluding tert-OH is 2. The summed E-state index contributed by atoms with van der Waals surface area (Å²) < 4.78 is 30.6. The van der Waals surface area contributed by atoms with Gasteiger partial charge in [0.25, 0.3) is 0 Å². The number of fused-ring (bicyclic) bond motifs is 7. The smallest absolute Gasteiger partial charge is 0.193 e. The largest absolute Gasteiger partial charge is 0.390 e. The van der Waals surface area contributed by atoms with Crippen LogP contribution in [0.4, 0.5) is 15.9 Å². The molecule has 0 spiro atoms. The summed E-state index contributed by atoms with van der Waals surface area (Å²) in [5.41, 5.74) is -2.31. The zero-order valence-corrected chi connectivity index (χ0v) is 25.8. The molecule has 1 aromatic heterocycles. The Morgan fingerprint density at radius 1 is 1.16 bits per heavy atom. The van der Waals surface area contributed by atoms with E-state index in [1.165, 1.54) is 12.2 Å². The number of aliphatic hydroxyl groups is 2. The number of nitrogens with one attached hydrogen (secondary N) is 2. The number of benzene rings is 1. The number of pyridine rings is 1. The summed E-state index contributed by atoms with van der Waals surface area (Å²) in [5.74, 6) is -1.00. The standard InChI is InChI=1S/C35H40FN3O6/c1-32-13-12-24(41)14-22(32)7-10-25-26-15-29-35(28(43)19-40,33(26,2)16-27(42)34(25,32)36)45-31(44-29)21-6-11-30(39-18-21)38-17-20-4-8-23(37-3)9-5-20/h4-6,8-9,11-14,18,25-27,29,31,37,40,42H,7,10,15-17,19H2,1-3H3,(H,38,39)/t25-,26?,27-,29+,31+,32-,33-,34-,35+/m0/s1. The van der Waals surface area contributed by atoms with Crippen LogP contribution in [0.2, 0.25) is 0 Å². The number of ketones is 2. The summed E-state index contributed by atoms with van der Waals surface area (Å²) in [4.78, 5) is 30.4. The van der Waals surface area contributed by atoms with E-state index < -0.39 is 58.9 Å². The first kappa shape index (κ1) is 30.2. The first-order valence-corrected chi connectivity index (χ1v) is 15.8. The van der Waals surface area contributed by atoms with Crippen LogP contribution in [0, 0.1) is 22.7 Å². The number of halogens is 1. The van der Waals surface area contributed by atoms with Gasteiger partial charge in [-0.1, -0.05) is 30.7 Å². The molecule has 1 aliphatic heterocycles. The van der Waals surface area contributed by atoms with Gasteiger partial charge in [-0.2, -0.15) is 0 Å². The maximum atomic E-state index is 17.5. The number of aromatic nitrogens is 1. The topological polar surface area (TPSA) is 130 Å². The molecule has 0 amide bonds. The Labute approximate surface area is 261 Å². The van der Waals surface area contributed by atoms with Crippen LogP contribution in [-0.4, -0.2) is 63.9 Å². The molecular formula is C35H40FN3O6. The quantitative estimate of drug-likeness (QED) is 0.357. The van der Waals surface area contributed by atoms with E-state index in [9.17, 15) is 19.8 Å². The number of hydrogen-bond donors (Lipinski definition) is 4. The second-order valence-electron chi connectivity index (χ2n) is 13.7. The van der Waals surface area contributed by atoms with Crippen molar-refractivity contribution in [2.24, 2.45) is 22.7 Å². The number of hydrogen-bond acceptors (Lipinski definition) is 9. The van der Waals surface area contributed by atoms with E-state index in [1.54, 1.807) is 19.2 Å². The van der Waals surface area contributed by atoms with E-state index in [-0.39, 0.29) is 18.1 Å². The molecule has 5 aliphatic rings. The lowest BCUT2D eigenvalue weighted by Crippen LogP contribution is -2.69. The molecule has 0 bridgehead atoms. The predicted molar refractivity (Wildman–Crippen MR) is 165 cm³/mol. The normalized spacial score (nSPS) is 39.7. The minimum Gasteiger partial charge on any atom is -0.390 e. The van der Waals surface area contributed by atoms with Crippen LogP contribution in [0.3, 0.4) is 0 Å². The van der Waals surface area contributed by atoms with Gasteiger partial charge in [-0.05, 0) is 80.5 Å². The molecule has 4 aliphatic carbocycles. The van der Waals surface area contributed by atoms with Gasteiger partial charge in [-0.3, -0.25) is 9.59 Å². The van der Waals surface area contributed by atoms with E-state index >= 15 is 4.39 Å². The molecule has 2 aromatic rings. The molecule has 238 valence electrons. The average Bonchev–Trinajstić information content (AvgIpc) is 3.54. The van der Waals surface area contributed by atoms with Gasteiger partial charge in [0.15, 0.2) is 29.1 Å². The second kappa shape index (κ2) is 10.6. The van der Waals surface area contributed by atoms with Crippen LogP contribution < -0.4 is 10.6 Å². The predicted octanol–water partition coefficient (Wildman–Crippen LogP) is 4.43. The number of allylic oxidation sites excluding steroid dienone is 4. The Balaban J connectivity index is 1.14. The van der Waals surface area contributed by atoms with Crippen molar-refractivity contribution in [3.05, 3.63) is 77.5 Å². The number of ether oxygens (including phenoxy) is 2. The zero-order chi connectivity index (χ0) is 31.8. The summed E-state index contributed by atoms with van der Waals surface area (Å²) in [6.45, 7) is 3.47. The first-order valence-electron chi connectivity index (χ1n) is 15.8. The van der Waals surface area contributed by atoms with Crippen molar-refractivity contribution in [3.63, 3.8) is 0 Å². The molecule has 9 atom stereocenters. The van der Waals surface area contributed by atoms with Gasteiger partial charge < -0.3 is 30.3 Å². The number of alkyl halides is 1. The van der Waals surface area contributed by atoms with Crippen molar-refractivity contribution in [3.8, 4) is 0 Å². The molecule has 2 heterocycles. The summed E-state index contributed by atoms with van der Waals surface area (Å²) in [6, 6.07) is 11.7. The molecular weight excluding hydrogens is 577 g/mol. The monoisotopic (exact) mass is 617 g/mol. The molecule has 7 rings (SSSR count). The molecule has 0 radical (unpaired) electrons. The lowest BCUT2D eigenvalue weighted by atomic mass is 9.44. The Morgan fingerprint density at radius 3 is 2.62 bits per heavy atom. The molecule has 1 unspecified atom stereocenters. The van der Waals surface area contributed by atoms with Gasteiger partial charge in [-0.25, -0.2) is 9.37 Å². The van der Waals surface area contributed by atoms with Gasteiger partial charge >= 0.3 is 0 Å². The van der Waals surface area contributed by atoms with Gasteiger partial charge in [0.2, 0.25) is 0 Å². The highest BCUT2D eigenvalue weighted by atomic mass is 19.1. The molecule has 1 saturated heterocycles. The summed E-state index contributed by atoms with van der Waals surface area (Å²) >= 11 is 0. The maximum Gasteiger partial charge on any atom is 0.193 e. The number of nitrogens with zero attached hydrogens (tertiary/aromatic N) is 1. The molecule has 10 heteroatoms. The number of Topliss-reactive ketones (excluding diaryl/α,β-unsaturated/α-hetero) is 1. The highest BCUT2D eigenvalue weighted by Gasteiger charge is 2.79. The van der Waals surface area contributed by atoms with Gasteiger partial charge in [0, 0.05) is 47.8 Å². The van der Waals surface area contributed by atoms with Gasteiger partial charge in [0.05, 0.1) is 12.2 Å². The van der Waals surface area contributed by atoms with Crippen LogP contribution in [0.5, 0.6) is 0 Å². The third-order valence-corrected chi connectivity index (χ3v) is 11.7. The number of carbonyl (C=O) groups is 2. The summed E-state index contributed by atoms with van der Waals surface area (Å²) in [5, 5.41) is 28.3. The highest BCUT2D eigenvalue weighted by molar-refractivity contribution is 6.01. The van der Waals surface area contributed by atoms with Crippen molar-refractivity contribution in [2.45, 2.75) is 75.8 Å². The minimum absolute atomic E-state index is 0.0515. The summed E-state index contributed by atoms with van der Waals surface area (Å²) in [7, 11) is 1.87. The Morgan fingerprint density at radius 2 is 1.93 bits per heavy atom. The van der Waals surface area contributed by atoms with E-state index in [0.29, 0.717) is 42.8 Å². The van der Waals surface area contributed by atoms with Crippen molar-refractivity contribution >= 4 is 23.1 Å². The molecule has 3 saturated carbocycles. The van der Waals surface area contributed by atoms with Gasteiger partial charge in [0.1, 0.15) is 12.4 Å². The zero-order valence-electron chi connectivity index (χ0n) is 25.8. The van der Waals surface area contributed by atoms with Crippen LogP contribution in [0.25, 0.3) is 0 Å². The lowest BCUT2D eigenvalue weighted by molar-refractivity contribution is -0.231. The maximum absolute atomic E-state index is 17.5. The molecule has 9 nitrogen and oxygen atoms in total. The lowest BCUT2D eigenvalue weighted by Gasteiger charge is -2.62. The van der Waals surface area contributed by atoms with Crippen LogP contribution in [0.15, 0.2) is 66.4 Å². The van der Waals surface area contributed by atoms with E-state index in [1.807, 2.05) is 50.4 Å². The summed E-state index contributed by atoms with van der Waals surface area (Å²) in [6.07, 6.45) is 4.30. The number of carbonyl (C=O) groups excluding carboxylic acids is 2. The van der Waals surface area contributed by atoms with E-state index in [0.717, 1.165) is 11.3 Å². The van der Waals surface area contributed by atoms with Crippen molar-refractivity contribution in [1.29, 1.82) is 0 Å². The molecule has 4 N–H and O–H groups in total. The highest BCUT2D eigenvalue weighted by Crippen LogP contribution is 2.72. The number of rotatable bonds is 7. The second-order valence-corrected chi connectivity index (χ2v) is 13.7. The van der Waals surface area contributed by atoms with Gasteiger partial charge in [-0.15, -0.1) is 0 Å². The van der Waals surface area contributed by atoms with Crippen LogP contribution in [0.1, 0.15) is 56.9 Å². The fourth-order valence-electron chi connectivity index (χ4n) is 9.35. The first-order chi connectivity index (χ1) is 21.5. The Bertz CT molecular complexity index is 1580. The van der Waals surface area contributed by atoms with Crippen molar-refractivity contribution in [1.82, 2.24) is 4.98 Å². The third-order valence-electron chi connectivity index (χ3n) is 11.7. The van der Waals surface area contributed by atoms with Crippen LogP contribution >= 0.6 is 0 Å². The molecule has 45 heavy (non-hydrogen) atoms. The van der Waals surface area contributed by atoms with Crippen molar-refractivity contribution in [2.75, 3.05) is 24.3 Å². The molecule has 1 aromatic carbocycles. The molecule has 4 fully saturated rings. The Hall–Kier alpha value is -3.44.